The Morgan fingerprint density at radius 2 is 1.47 bits per heavy atom. The summed E-state index contributed by atoms with van der Waals surface area (Å²) in [5.41, 5.74) is 8.47. The summed E-state index contributed by atoms with van der Waals surface area (Å²) in [7, 11) is 0. The van der Waals surface area contributed by atoms with Crippen molar-refractivity contribution >= 4 is 18.1 Å². The number of nitrogens with one attached hydrogen (secondary N) is 1. The second-order valence-corrected chi connectivity index (χ2v) is 7.97. The van der Waals surface area contributed by atoms with E-state index in [0.717, 1.165) is 28.2 Å². The number of rotatable bonds is 6. The summed E-state index contributed by atoms with van der Waals surface area (Å²) in [5, 5.41) is 4.03. The number of carbonyl (C=O) groups is 2. The minimum absolute atomic E-state index is 0.299. The summed E-state index contributed by atoms with van der Waals surface area (Å²) in [6, 6.07) is 25.6. The SMILES string of the molecule is Cc1ccccc1C(=O)Oc1ccc(/C=N\NC(=O)c2ccc(-n3c(C)ccc3C)cc2)cc1. The predicted molar refractivity (Wildman–Crippen MR) is 133 cm³/mol. The van der Waals surface area contributed by atoms with Crippen LogP contribution < -0.4 is 10.2 Å². The van der Waals surface area contributed by atoms with E-state index in [0.29, 0.717) is 16.9 Å². The molecule has 0 aliphatic heterocycles. The second kappa shape index (κ2) is 10.0. The first-order valence-electron chi connectivity index (χ1n) is 10.9. The summed E-state index contributed by atoms with van der Waals surface area (Å²) in [5.74, 6) is -0.268. The fourth-order valence-electron chi connectivity index (χ4n) is 3.65. The average molecular weight is 452 g/mol. The third-order valence-corrected chi connectivity index (χ3v) is 5.49. The first kappa shape index (κ1) is 22.7. The van der Waals surface area contributed by atoms with Gasteiger partial charge in [0.15, 0.2) is 0 Å². The first-order valence-corrected chi connectivity index (χ1v) is 10.9. The van der Waals surface area contributed by atoms with Gasteiger partial charge in [-0.05, 0) is 98.6 Å². The lowest BCUT2D eigenvalue weighted by molar-refractivity contribution is 0.0733. The lowest BCUT2D eigenvalue weighted by Crippen LogP contribution is -2.17. The van der Waals surface area contributed by atoms with Crippen molar-refractivity contribution in [3.05, 3.63) is 119 Å². The van der Waals surface area contributed by atoms with Gasteiger partial charge in [-0.2, -0.15) is 5.10 Å². The van der Waals surface area contributed by atoms with Crippen molar-refractivity contribution in [3.8, 4) is 11.4 Å². The maximum Gasteiger partial charge on any atom is 0.343 e. The van der Waals surface area contributed by atoms with Gasteiger partial charge < -0.3 is 9.30 Å². The summed E-state index contributed by atoms with van der Waals surface area (Å²) in [4.78, 5) is 24.7. The first-order chi connectivity index (χ1) is 16.4. The monoisotopic (exact) mass is 451 g/mol. The number of hydrogen-bond acceptors (Lipinski definition) is 4. The van der Waals surface area contributed by atoms with Crippen molar-refractivity contribution < 1.29 is 14.3 Å². The summed E-state index contributed by atoms with van der Waals surface area (Å²) in [6.45, 7) is 5.95. The molecule has 1 amide bonds. The van der Waals surface area contributed by atoms with Crippen LogP contribution in [0.1, 0.15) is 43.2 Å². The molecule has 4 rings (SSSR count). The Morgan fingerprint density at radius 3 is 2.12 bits per heavy atom. The molecule has 1 N–H and O–H groups in total. The molecule has 0 saturated carbocycles. The number of nitrogens with zero attached hydrogens (tertiary/aromatic N) is 2. The normalized spacial score (nSPS) is 10.9. The van der Waals surface area contributed by atoms with Gasteiger partial charge in [0.2, 0.25) is 0 Å². The van der Waals surface area contributed by atoms with E-state index in [4.69, 9.17) is 4.74 Å². The van der Waals surface area contributed by atoms with Crippen LogP contribution in [0, 0.1) is 20.8 Å². The molecule has 1 heterocycles. The number of benzene rings is 3. The van der Waals surface area contributed by atoms with Crippen molar-refractivity contribution in [2.75, 3.05) is 0 Å². The highest BCUT2D eigenvalue weighted by Gasteiger charge is 2.11. The largest absolute Gasteiger partial charge is 0.423 e. The molecule has 4 aromatic rings. The van der Waals surface area contributed by atoms with Crippen LogP contribution in [0.2, 0.25) is 0 Å². The van der Waals surface area contributed by atoms with Crippen LogP contribution in [0.25, 0.3) is 5.69 Å². The Morgan fingerprint density at radius 1 is 0.824 bits per heavy atom. The zero-order valence-corrected chi connectivity index (χ0v) is 19.3. The van der Waals surface area contributed by atoms with Gasteiger partial charge in [0.25, 0.3) is 5.91 Å². The quantitative estimate of drug-likeness (QED) is 0.185. The standard InChI is InChI=1S/C28H25N3O3/c1-19-6-4-5-7-26(19)28(33)34-25-16-10-22(11-17-25)18-29-30-27(32)23-12-14-24(15-13-23)31-20(2)8-9-21(31)3/h4-18H,1-3H3,(H,30,32)/b29-18-. The summed E-state index contributed by atoms with van der Waals surface area (Å²) in [6.07, 6.45) is 1.53. The fraction of sp³-hybridized carbons (Fsp3) is 0.107. The van der Waals surface area contributed by atoms with Gasteiger partial charge in [-0.3, -0.25) is 4.79 Å². The molecule has 6 heteroatoms. The molecule has 0 aliphatic rings. The number of ether oxygens (including phenoxy) is 1. The highest BCUT2D eigenvalue weighted by atomic mass is 16.5. The van der Waals surface area contributed by atoms with Crippen LogP contribution in [-0.2, 0) is 0 Å². The van der Waals surface area contributed by atoms with Gasteiger partial charge in [0, 0.05) is 22.6 Å². The van der Waals surface area contributed by atoms with Crippen LogP contribution in [0.15, 0.2) is 90.0 Å². The van der Waals surface area contributed by atoms with Gasteiger partial charge >= 0.3 is 5.97 Å². The van der Waals surface area contributed by atoms with E-state index in [1.54, 1.807) is 48.5 Å². The van der Waals surface area contributed by atoms with Crippen LogP contribution in [0.5, 0.6) is 5.75 Å². The van der Waals surface area contributed by atoms with Crippen molar-refractivity contribution in [3.63, 3.8) is 0 Å². The Hall–Kier alpha value is -4.45. The van der Waals surface area contributed by atoms with E-state index < -0.39 is 5.97 Å². The molecule has 0 aliphatic carbocycles. The molecule has 0 radical (unpaired) electrons. The minimum Gasteiger partial charge on any atom is -0.423 e. The Bertz CT molecular complexity index is 1330. The molecule has 0 atom stereocenters. The molecule has 0 fully saturated rings. The number of amides is 1. The van der Waals surface area contributed by atoms with E-state index in [9.17, 15) is 9.59 Å². The number of aromatic nitrogens is 1. The molecule has 0 spiro atoms. The van der Waals surface area contributed by atoms with Crippen LogP contribution in [0.4, 0.5) is 0 Å². The third kappa shape index (κ3) is 5.13. The number of hydrogen-bond donors (Lipinski definition) is 1. The predicted octanol–water partition coefficient (Wildman–Crippen LogP) is 5.39. The third-order valence-electron chi connectivity index (χ3n) is 5.49. The van der Waals surface area contributed by atoms with E-state index in [1.807, 2.05) is 45.0 Å². The molecule has 0 bridgehead atoms. The van der Waals surface area contributed by atoms with E-state index in [2.05, 4.69) is 27.2 Å². The van der Waals surface area contributed by atoms with Crippen molar-refractivity contribution in [2.24, 2.45) is 5.10 Å². The van der Waals surface area contributed by atoms with Gasteiger partial charge in [-0.25, -0.2) is 10.2 Å². The zero-order chi connectivity index (χ0) is 24.1. The maximum absolute atomic E-state index is 12.4. The molecule has 170 valence electrons. The highest BCUT2D eigenvalue weighted by Crippen LogP contribution is 2.17. The molecule has 3 aromatic carbocycles. The van der Waals surface area contributed by atoms with E-state index in [1.165, 1.54) is 6.21 Å². The van der Waals surface area contributed by atoms with Crippen LogP contribution >= 0.6 is 0 Å². The average Bonchev–Trinajstić information content (AvgIpc) is 3.18. The topological polar surface area (TPSA) is 72.7 Å². The summed E-state index contributed by atoms with van der Waals surface area (Å²) >= 11 is 0. The van der Waals surface area contributed by atoms with Gasteiger partial charge in [-0.15, -0.1) is 0 Å². The van der Waals surface area contributed by atoms with Crippen molar-refractivity contribution in [2.45, 2.75) is 20.8 Å². The van der Waals surface area contributed by atoms with Gasteiger partial charge in [-0.1, -0.05) is 18.2 Å². The highest BCUT2D eigenvalue weighted by molar-refractivity contribution is 5.95. The van der Waals surface area contributed by atoms with E-state index in [-0.39, 0.29) is 5.91 Å². The van der Waals surface area contributed by atoms with E-state index >= 15 is 0 Å². The lowest BCUT2D eigenvalue weighted by atomic mass is 10.1. The molecule has 34 heavy (non-hydrogen) atoms. The molecule has 6 nitrogen and oxygen atoms in total. The number of aryl methyl sites for hydroxylation is 3. The zero-order valence-electron chi connectivity index (χ0n) is 19.3. The molecule has 0 unspecified atom stereocenters. The number of hydrazone groups is 1. The van der Waals surface area contributed by atoms with Crippen LogP contribution in [0.3, 0.4) is 0 Å². The summed E-state index contributed by atoms with van der Waals surface area (Å²) < 4.78 is 7.56. The van der Waals surface area contributed by atoms with Gasteiger partial charge in [0.05, 0.1) is 11.8 Å². The minimum atomic E-state index is -0.403. The van der Waals surface area contributed by atoms with Crippen molar-refractivity contribution in [1.29, 1.82) is 0 Å². The molecule has 0 saturated heterocycles. The van der Waals surface area contributed by atoms with Gasteiger partial charge in [0.1, 0.15) is 5.75 Å². The smallest absolute Gasteiger partial charge is 0.343 e. The maximum atomic E-state index is 12.4. The number of carbonyl (C=O) groups excluding carboxylic acids is 2. The number of esters is 1. The van der Waals surface area contributed by atoms with Crippen LogP contribution in [-0.4, -0.2) is 22.7 Å². The lowest BCUT2D eigenvalue weighted by Gasteiger charge is -2.10. The fourth-order valence-corrected chi connectivity index (χ4v) is 3.65. The Balaban J connectivity index is 1.34. The second-order valence-electron chi connectivity index (χ2n) is 7.97. The Kier molecular flexibility index (Phi) is 6.69. The molecule has 1 aromatic heterocycles. The molecular weight excluding hydrogens is 426 g/mol. The molecular formula is C28H25N3O3. The van der Waals surface area contributed by atoms with Crippen molar-refractivity contribution in [1.82, 2.24) is 9.99 Å². The Labute approximate surface area is 198 Å².